The third kappa shape index (κ3) is 5.80. The van der Waals surface area contributed by atoms with Crippen LogP contribution in [0, 0.1) is 5.92 Å². The fourth-order valence-electron chi connectivity index (χ4n) is 1.49. The average Bonchev–Trinajstić information content (AvgIpc) is 2.36. The van der Waals surface area contributed by atoms with Crippen molar-refractivity contribution in [3.05, 3.63) is 18.5 Å². The van der Waals surface area contributed by atoms with Crippen molar-refractivity contribution in [1.82, 2.24) is 15.3 Å². The molecule has 0 aromatic carbocycles. The van der Waals surface area contributed by atoms with Gasteiger partial charge in [-0.25, -0.2) is 9.97 Å². The molecule has 0 saturated heterocycles. The van der Waals surface area contributed by atoms with E-state index in [-0.39, 0.29) is 24.8 Å². The lowest BCUT2D eigenvalue weighted by atomic mass is 10.1. The number of likely N-dealkylation sites (N-methyl/N-ethyl adjacent to an activating group) is 1. The van der Waals surface area contributed by atoms with E-state index < -0.39 is 5.97 Å². The lowest BCUT2D eigenvalue weighted by Gasteiger charge is -2.17. The lowest BCUT2D eigenvalue weighted by Crippen LogP contribution is -2.38. The molecule has 7 heteroatoms. The molecule has 0 aliphatic rings. The first-order valence-electron chi connectivity index (χ1n) is 5.95. The summed E-state index contributed by atoms with van der Waals surface area (Å²) < 4.78 is 0. The lowest BCUT2D eigenvalue weighted by molar-refractivity contribution is -0.138. The van der Waals surface area contributed by atoms with Gasteiger partial charge in [0, 0.05) is 32.4 Å². The smallest absolute Gasteiger partial charge is 0.303 e. The Morgan fingerprint density at radius 2 is 2.05 bits per heavy atom. The minimum absolute atomic E-state index is 0.0396. The number of carbonyl (C=O) groups is 2. The van der Waals surface area contributed by atoms with Crippen molar-refractivity contribution in [2.75, 3.05) is 25.0 Å². The Bertz CT molecular complexity index is 424. The summed E-state index contributed by atoms with van der Waals surface area (Å²) in [6.45, 7) is 2.25. The number of rotatable bonds is 7. The summed E-state index contributed by atoms with van der Waals surface area (Å²) in [5, 5.41) is 11.3. The van der Waals surface area contributed by atoms with Crippen LogP contribution in [0.4, 0.5) is 5.95 Å². The Morgan fingerprint density at radius 1 is 1.42 bits per heavy atom. The molecule has 1 aromatic heterocycles. The monoisotopic (exact) mass is 266 g/mol. The summed E-state index contributed by atoms with van der Waals surface area (Å²) in [6.07, 6.45) is 3.25. The van der Waals surface area contributed by atoms with Crippen LogP contribution in [0.5, 0.6) is 0 Å². The molecule has 1 amide bonds. The number of anilines is 1. The first kappa shape index (κ1) is 14.9. The van der Waals surface area contributed by atoms with Gasteiger partial charge in [0.05, 0.1) is 6.54 Å². The van der Waals surface area contributed by atoms with Crippen LogP contribution in [0.15, 0.2) is 18.5 Å². The van der Waals surface area contributed by atoms with Gasteiger partial charge in [-0.15, -0.1) is 0 Å². The minimum Gasteiger partial charge on any atom is -0.481 e. The number of aliphatic carboxylic acids is 1. The second kappa shape index (κ2) is 7.30. The van der Waals surface area contributed by atoms with Gasteiger partial charge in [0.15, 0.2) is 0 Å². The van der Waals surface area contributed by atoms with E-state index >= 15 is 0 Å². The van der Waals surface area contributed by atoms with Crippen LogP contribution in [0.3, 0.4) is 0 Å². The summed E-state index contributed by atoms with van der Waals surface area (Å²) in [6, 6.07) is 1.70. The van der Waals surface area contributed by atoms with Gasteiger partial charge in [0.25, 0.3) is 0 Å². The van der Waals surface area contributed by atoms with Gasteiger partial charge in [-0.1, -0.05) is 6.92 Å². The average molecular weight is 266 g/mol. The molecule has 2 N–H and O–H groups in total. The number of carbonyl (C=O) groups excluding carboxylic acids is 1. The van der Waals surface area contributed by atoms with Gasteiger partial charge in [-0.3, -0.25) is 9.59 Å². The number of hydrogen-bond donors (Lipinski definition) is 2. The van der Waals surface area contributed by atoms with E-state index in [0.717, 1.165) is 0 Å². The van der Waals surface area contributed by atoms with Crippen LogP contribution in [0.1, 0.15) is 13.3 Å². The molecule has 19 heavy (non-hydrogen) atoms. The predicted octanol–water partition coefficient (Wildman–Crippen LogP) is 0.140. The van der Waals surface area contributed by atoms with Crippen LogP contribution < -0.4 is 10.2 Å². The Morgan fingerprint density at radius 3 is 2.63 bits per heavy atom. The van der Waals surface area contributed by atoms with E-state index in [9.17, 15) is 9.59 Å². The zero-order valence-corrected chi connectivity index (χ0v) is 11.0. The topological polar surface area (TPSA) is 95.4 Å². The second-order valence-corrected chi connectivity index (χ2v) is 4.41. The van der Waals surface area contributed by atoms with E-state index in [2.05, 4.69) is 15.3 Å². The van der Waals surface area contributed by atoms with Crippen molar-refractivity contribution >= 4 is 17.8 Å². The van der Waals surface area contributed by atoms with Gasteiger partial charge in [0.2, 0.25) is 11.9 Å². The van der Waals surface area contributed by atoms with Crippen molar-refractivity contribution in [1.29, 1.82) is 0 Å². The number of aromatic nitrogens is 2. The summed E-state index contributed by atoms with van der Waals surface area (Å²) in [4.78, 5) is 31.8. The van der Waals surface area contributed by atoms with Crippen LogP contribution in [0.2, 0.25) is 0 Å². The molecular weight excluding hydrogens is 248 g/mol. The summed E-state index contributed by atoms with van der Waals surface area (Å²) >= 11 is 0. The molecule has 104 valence electrons. The molecule has 1 aromatic rings. The third-order valence-electron chi connectivity index (χ3n) is 2.45. The normalized spacial score (nSPS) is 11.7. The fourth-order valence-corrected chi connectivity index (χ4v) is 1.49. The highest BCUT2D eigenvalue weighted by Crippen LogP contribution is 2.02. The molecular formula is C12H18N4O3. The molecule has 0 aliphatic carbocycles. The SMILES string of the molecule is CC(CNC(=O)CN(C)c1ncccn1)CC(=O)O. The Kier molecular flexibility index (Phi) is 5.72. The van der Waals surface area contributed by atoms with E-state index in [1.54, 1.807) is 37.3 Å². The van der Waals surface area contributed by atoms with Crippen LogP contribution in [-0.4, -0.2) is 47.1 Å². The van der Waals surface area contributed by atoms with Gasteiger partial charge in [-0.2, -0.15) is 0 Å². The van der Waals surface area contributed by atoms with Crippen LogP contribution in [0.25, 0.3) is 0 Å². The molecule has 0 spiro atoms. The number of carboxylic acids is 1. The number of nitrogens with zero attached hydrogens (tertiary/aromatic N) is 3. The summed E-state index contributed by atoms with van der Waals surface area (Å²) in [5.74, 6) is -0.681. The van der Waals surface area contributed by atoms with E-state index in [4.69, 9.17) is 5.11 Å². The highest BCUT2D eigenvalue weighted by atomic mass is 16.4. The molecule has 0 fully saturated rings. The van der Waals surface area contributed by atoms with Crippen LogP contribution >= 0.6 is 0 Å². The molecule has 0 bridgehead atoms. The number of nitrogens with one attached hydrogen (secondary N) is 1. The van der Waals surface area contributed by atoms with Crippen LogP contribution in [-0.2, 0) is 9.59 Å². The maximum atomic E-state index is 11.7. The van der Waals surface area contributed by atoms with Crippen molar-refractivity contribution in [2.24, 2.45) is 5.92 Å². The number of amides is 1. The Labute approximate surface area is 111 Å². The summed E-state index contributed by atoms with van der Waals surface area (Å²) in [7, 11) is 1.72. The molecule has 1 rings (SSSR count). The molecule has 7 nitrogen and oxygen atoms in total. The zero-order valence-electron chi connectivity index (χ0n) is 11.0. The van der Waals surface area contributed by atoms with E-state index in [1.807, 2.05) is 0 Å². The quantitative estimate of drug-likeness (QED) is 0.729. The Hall–Kier alpha value is -2.18. The molecule has 0 aliphatic heterocycles. The molecule has 1 unspecified atom stereocenters. The number of hydrogen-bond acceptors (Lipinski definition) is 5. The van der Waals surface area contributed by atoms with Gasteiger partial charge >= 0.3 is 5.97 Å². The van der Waals surface area contributed by atoms with Gasteiger partial charge in [0.1, 0.15) is 0 Å². The standard InChI is InChI=1S/C12H18N4O3/c1-9(6-11(18)19)7-15-10(17)8-16(2)12-13-4-3-5-14-12/h3-5,9H,6-8H2,1-2H3,(H,15,17)(H,18,19). The molecule has 0 radical (unpaired) electrons. The third-order valence-corrected chi connectivity index (χ3v) is 2.45. The predicted molar refractivity (Wildman–Crippen MR) is 69.7 cm³/mol. The maximum absolute atomic E-state index is 11.7. The van der Waals surface area contributed by atoms with Gasteiger partial charge < -0.3 is 15.3 Å². The van der Waals surface area contributed by atoms with E-state index in [0.29, 0.717) is 12.5 Å². The minimum atomic E-state index is -0.864. The fraction of sp³-hybridized carbons (Fsp3) is 0.500. The second-order valence-electron chi connectivity index (χ2n) is 4.41. The van der Waals surface area contributed by atoms with Gasteiger partial charge in [-0.05, 0) is 12.0 Å². The Balaban J connectivity index is 2.33. The van der Waals surface area contributed by atoms with Crippen molar-refractivity contribution in [2.45, 2.75) is 13.3 Å². The highest BCUT2D eigenvalue weighted by Gasteiger charge is 2.12. The largest absolute Gasteiger partial charge is 0.481 e. The maximum Gasteiger partial charge on any atom is 0.303 e. The first-order chi connectivity index (χ1) is 8.99. The van der Waals surface area contributed by atoms with E-state index in [1.165, 1.54) is 0 Å². The number of carboxylic acid groups (broad SMARTS) is 1. The zero-order chi connectivity index (χ0) is 14.3. The molecule has 1 heterocycles. The highest BCUT2D eigenvalue weighted by molar-refractivity contribution is 5.80. The van der Waals surface area contributed by atoms with Crippen molar-refractivity contribution in [3.63, 3.8) is 0 Å². The summed E-state index contributed by atoms with van der Waals surface area (Å²) in [5.41, 5.74) is 0. The molecule has 1 atom stereocenters. The first-order valence-corrected chi connectivity index (χ1v) is 5.95. The molecule has 0 saturated carbocycles. The van der Waals surface area contributed by atoms with Crippen molar-refractivity contribution in [3.8, 4) is 0 Å². The van der Waals surface area contributed by atoms with Crippen molar-refractivity contribution < 1.29 is 14.7 Å².